The van der Waals surface area contributed by atoms with Crippen LogP contribution in [0.4, 0.5) is 5.13 Å². The Bertz CT molecular complexity index is 525. The molecule has 17 heavy (non-hydrogen) atoms. The Kier molecular flexibility index (Phi) is 2.65. The molecule has 0 saturated carbocycles. The van der Waals surface area contributed by atoms with Gasteiger partial charge in [-0.25, -0.2) is 4.98 Å². The van der Waals surface area contributed by atoms with E-state index in [0.717, 1.165) is 16.4 Å². The molecule has 1 aliphatic heterocycles. The summed E-state index contributed by atoms with van der Waals surface area (Å²) in [7, 11) is 0. The molecule has 0 unspecified atom stereocenters. The summed E-state index contributed by atoms with van der Waals surface area (Å²) in [4.78, 5) is 9.31. The van der Waals surface area contributed by atoms with Crippen molar-refractivity contribution >= 4 is 16.5 Å². The third-order valence-electron chi connectivity index (χ3n) is 2.22. The van der Waals surface area contributed by atoms with Crippen molar-refractivity contribution in [2.45, 2.75) is 0 Å². The van der Waals surface area contributed by atoms with Gasteiger partial charge in [0.05, 0.1) is 11.9 Å². The lowest BCUT2D eigenvalue weighted by molar-refractivity contribution is 0.0514. The van der Waals surface area contributed by atoms with Crippen LogP contribution in [0.2, 0.25) is 0 Å². The van der Waals surface area contributed by atoms with Gasteiger partial charge in [-0.05, 0) is 5.59 Å². The maximum absolute atomic E-state index is 4.83. The maximum atomic E-state index is 4.83. The summed E-state index contributed by atoms with van der Waals surface area (Å²) in [5.41, 5.74) is 7.75. The molecule has 1 aromatic carbocycles. The second-order valence-corrected chi connectivity index (χ2v) is 4.24. The van der Waals surface area contributed by atoms with Gasteiger partial charge in [0.25, 0.3) is 0 Å². The van der Waals surface area contributed by atoms with Crippen molar-refractivity contribution in [3.05, 3.63) is 48.2 Å². The summed E-state index contributed by atoms with van der Waals surface area (Å²) in [5, 5.41) is 4.40. The fraction of sp³-hybridized carbons (Fsp3) is 0. The molecule has 6 heteroatoms. The van der Waals surface area contributed by atoms with Gasteiger partial charge in [0.2, 0.25) is 5.13 Å². The molecule has 0 aliphatic carbocycles. The van der Waals surface area contributed by atoms with E-state index in [0.29, 0.717) is 0 Å². The highest BCUT2D eigenvalue weighted by Crippen LogP contribution is 2.24. The number of hydrogen-bond donors (Lipinski definition) is 2. The van der Waals surface area contributed by atoms with Crippen LogP contribution in [0.15, 0.2) is 48.2 Å². The number of hydrogen-bond acceptors (Lipinski definition) is 6. The standard InChI is InChI=1S/C11H10N4OS/c1-2-4-9(5-3-1)10-8-17-11(12-10)13-15-6-7-16-14-15/h1-8,14H,(H,12,13). The summed E-state index contributed by atoms with van der Waals surface area (Å²) in [6, 6.07) is 10.1. The van der Waals surface area contributed by atoms with Gasteiger partial charge in [0.15, 0.2) is 0 Å². The highest BCUT2D eigenvalue weighted by atomic mass is 32.1. The predicted molar refractivity (Wildman–Crippen MR) is 66.4 cm³/mol. The van der Waals surface area contributed by atoms with E-state index in [2.05, 4.69) is 16.0 Å². The number of anilines is 1. The van der Waals surface area contributed by atoms with Crippen molar-refractivity contribution in [1.29, 1.82) is 0 Å². The van der Waals surface area contributed by atoms with Gasteiger partial charge in [0, 0.05) is 10.9 Å². The van der Waals surface area contributed by atoms with E-state index in [4.69, 9.17) is 4.84 Å². The number of nitrogens with one attached hydrogen (secondary N) is 2. The normalized spacial score (nSPS) is 13.8. The van der Waals surface area contributed by atoms with Crippen molar-refractivity contribution in [1.82, 2.24) is 15.7 Å². The fourth-order valence-electron chi connectivity index (χ4n) is 1.44. The zero-order chi connectivity index (χ0) is 11.5. The lowest BCUT2D eigenvalue weighted by atomic mass is 10.2. The monoisotopic (exact) mass is 246 g/mol. The topological polar surface area (TPSA) is 49.4 Å². The molecule has 0 amide bonds. The van der Waals surface area contributed by atoms with Crippen LogP contribution in [0.5, 0.6) is 0 Å². The number of rotatable bonds is 3. The first-order chi connectivity index (χ1) is 8.42. The summed E-state index contributed by atoms with van der Waals surface area (Å²) in [5.74, 6) is 0. The molecule has 2 heterocycles. The van der Waals surface area contributed by atoms with Crippen molar-refractivity contribution in [2.24, 2.45) is 0 Å². The van der Waals surface area contributed by atoms with Gasteiger partial charge in [-0.15, -0.1) is 11.3 Å². The smallest absolute Gasteiger partial charge is 0.203 e. The molecule has 0 spiro atoms. The molecule has 5 nitrogen and oxygen atoms in total. The van der Waals surface area contributed by atoms with Gasteiger partial charge in [-0.2, -0.15) is 5.12 Å². The summed E-state index contributed by atoms with van der Waals surface area (Å²) >= 11 is 1.54. The fourth-order valence-corrected chi connectivity index (χ4v) is 2.15. The molecule has 2 aromatic rings. The van der Waals surface area contributed by atoms with Gasteiger partial charge < -0.3 is 4.84 Å². The highest BCUT2D eigenvalue weighted by molar-refractivity contribution is 7.14. The molecule has 2 N–H and O–H groups in total. The van der Waals surface area contributed by atoms with E-state index in [-0.39, 0.29) is 0 Å². The molecule has 1 aromatic heterocycles. The minimum atomic E-state index is 0.798. The van der Waals surface area contributed by atoms with Crippen LogP contribution in [0.1, 0.15) is 0 Å². The third-order valence-corrected chi connectivity index (χ3v) is 2.97. The summed E-state index contributed by atoms with van der Waals surface area (Å²) in [6.07, 6.45) is 3.27. The molecule has 0 atom stereocenters. The first kappa shape index (κ1) is 10.1. The van der Waals surface area contributed by atoms with Gasteiger partial charge in [-0.1, -0.05) is 30.3 Å². The van der Waals surface area contributed by atoms with Gasteiger partial charge in [-0.3, -0.25) is 5.43 Å². The average Bonchev–Trinajstić information content (AvgIpc) is 3.02. The largest absolute Gasteiger partial charge is 0.394 e. The Balaban J connectivity index is 1.76. The number of aromatic nitrogens is 1. The van der Waals surface area contributed by atoms with E-state index in [9.17, 15) is 0 Å². The van der Waals surface area contributed by atoms with Crippen LogP contribution in [-0.2, 0) is 4.84 Å². The molecule has 0 fully saturated rings. The lowest BCUT2D eigenvalue weighted by Gasteiger charge is -2.13. The van der Waals surface area contributed by atoms with Crippen molar-refractivity contribution in [3.8, 4) is 11.3 Å². The second-order valence-electron chi connectivity index (χ2n) is 3.38. The SMILES string of the molecule is C1=CN(Nc2nc(-c3ccccc3)cs2)NO1. The van der Waals surface area contributed by atoms with E-state index in [1.165, 1.54) is 11.3 Å². The second kappa shape index (κ2) is 4.44. The van der Waals surface area contributed by atoms with Crippen LogP contribution < -0.4 is 11.0 Å². The van der Waals surface area contributed by atoms with Crippen LogP contribution >= 0.6 is 11.3 Å². The van der Waals surface area contributed by atoms with Crippen LogP contribution in [0.25, 0.3) is 11.3 Å². The molecule has 0 saturated heterocycles. The zero-order valence-electron chi connectivity index (χ0n) is 8.83. The predicted octanol–water partition coefficient (Wildman–Crippen LogP) is 2.36. The van der Waals surface area contributed by atoms with Gasteiger partial charge in [0.1, 0.15) is 6.26 Å². The minimum absolute atomic E-state index is 0.798. The van der Waals surface area contributed by atoms with Gasteiger partial charge >= 0.3 is 0 Å². The first-order valence-corrected chi connectivity index (χ1v) is 5.94. The molecule has 3 rings (SSSR count). The third kappa shape index (κ3) is 2.22. The number of benzene rings is 1. The first-order valence-electron chi connectivity index (χ1n) is 5.06. The Morgan fingerprint density at radius 2 is 2.18 bits per heavy atom. The molecule has 0 bridgehead atoms. The summed E-state index contributed by atoms with van der Waals surface area (Å²) in [6.45, 7) is 0. The number of hydrazine groups is 2. The van der Waals surface area contributed by atoms with E-state index >= 15 is 0 Å². The Morgan fingerprint density at radius 3 is 2.94 bits per heavy atom. The molecule has 0 radical (unpaired) electrons. The van der Waals surface area contributed by atoms with Crippen LogP contribution in [0.3, 0.4) is 0 Å². The highest BCUT2D eigenvalue weighted by Gasteiger charge is 2.08. The lowest BCUT2D eigenvalue weighted by Crippen LogP contribution is -2.32. The number of nitrogens with zero attached hydrogens (tertiary/aromatic N) is 2. The van der Waals surface area contributed by atoms with Crippen LogP contribution in [0, 0.1) is 0 Å². The van der Waals surface area contributed by atoms with E-state index in [1.807, 2.05) is 35.7 Å². The molecule has 1 aliphatic rings. The van der Waals surface area contributed by atoms with Crippen molar-refractivity contribution in [2.75, 3.05) is 5.43 Å². The Labute approximate surface area is 102 Å². The summed E-state index contributed by atoms with van der Waals surface area (Å²) < 4.78 is 0. The zero-order valence-corrected chi connectivity index (χ0v) is 9.65. The average molecular weight is 246 g/mol. The van der Waals surface area contributed by atoms with Crippen LogP contribution in [-0.4, -0.2) is 10.1 Å². The number of thiazole rings is 1. The van der Waals surface area contributed by atoms with E-state index in [1.54, 1.807) is 17.6 Å². The minimum Gasteiger partial charge on any atom is -0.394 e. The molecular formula is C11H10N4OS. The quantitative estimate of drug-likeness (QED) is 0.870. The maximum Gasteiger partial charge on any atom is 0.203 e. The molecular weight excluding hydrogens is 236 g/mol. The Hall–Kier alpha value is -2.05. The van der Waals surface area contributed by atoms with Crippen molar-refractivity contribution < 1.29 is 4.84 Å². The molecule has 86 valence electrons. The Morgan fingerprint density at radius 1 is 1.29 bits per heavy atom. The van der Waals surface area contributed by atoms with E-state index < -0.39 is 0 Å². The van der Waals surface area contributed by atoms with Crippen molar-refractivity contribution in [3.63, 3.8) is 0 Å².